The van der Waals surface area contributed by atoms with Gasteiger partial charge in [-0.15, -0.1) is 0 Å². The van der Waals surface area contributed by atoms with Crippen LogP contribution >= 0.6 is 15.9 Å². The van der Waals surface area contributed by atoms with E-state index >= 15 is 0 Å². The van der Waals surface area contributed by atoms with Gasteiger partial charge in [-0.05, 0) is 42.5 Å². The molecule has 33 heavy (non-hydrogen) atoms. The summed E-state index contributed by atoms with van der Waals surface area (Å²) in [5, 5.41) is 3.67. The van der Waals surface area contributed by atoms with Gasteiger partial charge in [0.15, 0.2) is 18.1 Å². The van der Waals surface area contributed by atoms with Crippen LogP contribution in [0.4, 0.5) is 5.69 Å². The maximum absolute atomic E-state index is 12.5. The van der Waals surface area contributed by atoms with E-state index in [0.717, 1.165) is 9.48 Å². The number of hydrogen-bond acceptors (Lipinski definition) is 7. The Kier molecular flexibility index (Phi) is 7.88. The lowest BCUT2D eigenvalue weighted by atomic mass is 10.1. The molecule has 2 aromatic rings. The van der Waals surface area contributed by atoms with Gasteiger partial charge in [0.1, 0.15) is 0 Å². The van der Waals surface area contributed by atoms with Gasteiger partial charge in [0.05, 0.1) is 26.7 Å². The number of nitrogens with zero attached hydrogens (tertiary/aromatic N) is 1. The van der Waals surface area contributed by atoms with E-state index in [1.807, 2.05) is 0 Å². The number of anilines is 1. The number of nitrogens with one attached hydrogen (secondary N) is 2. The van der Waals surface area contributed by atoms with Crippen molar-refractivity contribution < 1.29 is 33.4 Å². The minimum Gasteiger partial charge on any atom is -0.493 e. The van der Waals surface area contributed by atoms with E-state index in [2.05, 4.69) is 26.7 Å². The Balaban J connectivity index is 1.50. The molecule has 0 bridgehead atoms. The van der Waals surface area contributed by atoms with E-state index < -0.39 is 36.2 Å². The van der Waals surface area contributed by atoms with Crippen molar-refractivity contribution >= 4 is 45.3 Å². The number of esters is 1. The number of halogens is 1. The van der Waals surface area contributed by atoms with Crippen molar-refractivity contribution in [1.29, 1.82) is 0 Å². The fraction of sp³-hybridized carbons (Fsp3) is 0.273. The van der Waals surface area contributed by atoms with Crippen LogP contribution in [0, 0.1) is 5.92 Å². The number of rotatable bonds is 8. The number of benzene rings is 2. The van der Waals surface area contributed by atoms with Crippen molar-refractivity contribution in [2.75, 3.05) is 32.7 Å². The Labute approximate surface area is 198 Å². The molecule has 0 aromatic heterocycles. The Morgan fingerprint density at radius 1 is 1.06 bits per heavy atom. The summed E-state index contributed by atoms with van der Waals surface area (Å²) < 4.78 is 16.2. The van der Waals surface area contributed by atoms with Crippen LogP contribution < -0.4 is 20.2 Å². The largest absolute Gasteiger partial charge is 0.493 e. The summed E-state index contributed by atoms with van der Waals surface area (Å²) in [5.74, 6) is -2.18. The van der Waals surface area contributed by atoms with Crippen LogP contribution in [0.5, 0.6) is 11.5 Å². The van der Waals surface area contributed by atoms with Gasteiger partial charge in [0, 0.05) is 22.1 Å². The highest BCUT2D eigenvalue weighted by Gasteiger charge is 2.36. The maximum Gasteiger partial charge on any atom is 0.311 e. The molecule has 0 unspecified atom stereocenters. The van der Waals surface area contributed by atoms with E-state index in [1.54, 1.807) is 30.3 Å². The number of hydrazine groups is 1. The van der Waals surface area contributed by atoms with Crippen LogP contribution in [0.25, 0.3) is 0 Å². The Bertz CT molecular complexity index is 1060. The number of methoxy groups -OCH3 is 2. The summed E-state index contributed by atoms with van der Waals surface area (Å²) in [6.45, 7) is -0.553. The van der Waals surface area contributed by atoms with Crippen molar-refractivity contribution in [3.8, 4) is 11.5 Å². The zero-order valence-electron chi connectivity index (χ0n) is 17.9. The van der Waals surface area contributed by atoms with Gasteiger partial charge in [-0.25, -0.2) is 0 Å². The van der Waals surface area contributed by atoms with Crippen LogP contribution in [-0.4, -0.2) is 56.1 Å². The third kappa shape index (κ3) is 6.22. The highest BCUT2D eigenvalue weighted by molar-refractivity contribution is 9.10. The maximum atomic E-state index is 12.5. The van der Waals surface area contributed by atoms with Crippen molar-refractivity contribution in [2.45, 2.75) is 6.42 Å². The standard InChI is InChI=1S/C22H22BrN3O7/c1-31-17-8-3-13(9-18(17)32-2)21(29)25-26-11-14(10-20(26)28)22(30)33-12-19(27)24-16-6-4-15(23)5-7-16/h3-9,14H,10-12H2,1-2H3,(H,24,27)(H,25,29)/t14-/m1/s1. The molecule has 1 fully saturated rings. The SMILES string of the molecule is COc1ccc(C(=O)NN2C[C@H](C(=O)OCC(=O)Nc3ccc(Br)cc3)CC2=O)cc1OC. The van der Waals surface area contributed by atoms with Crippen molar-refractivity contribution in [3.63, 3.8) is 0 Å². The van der Waals surface area contributed by atoms with E-state index in [-0.39, 0.29) is 18.5 Å². The predicted octanol–water partition coefficient (Wildman–Crippen LogP) is 2.14. The van der Waals surface area contributed by atoms with Crippen LogP contribution in [0.3, 0.4) is 0 Å². The molecule has 2 N–H and O–H groups in total. The fourth-order valence-electron chi connectivity index (χ4n) is 3.12. The molecule has 174 valence electrons. The van der Waals surface area contributed by atoms with Crippen LogP contribution in [0.1, 0.15) is 16.8 Å². The number of hydrogen-bond donors (Lipinski definition) is 2. The number of amides is 3. The molecule has 1 aliphatic heterocycles. The van der Waals surface area contributed by atoms with Crippen molar-refractivity contribution in [3.05, 3.63) is 52.5 Å². The topological polar surface area (TPSA) is 123 Å². The Morgan fingerprint density at radius 3 is 2.42 bits per heavy atom. The molecule has 10 nitrogen and oxygen atoms in total. The molecular weight excluding hydrogens is 498 g/mol. The molecule has 0 saturated carbocycles. The quantitative estimate of drug-likeness (QED) is 0.512. The first kappa shape index (κ1) is 24.1. The van der Waals surface area contributed by atoms with Crippen LogP contribution in [0.2, 0.25) is 0 Å². The van der Waals surface area contributed by atoms with E-state index in [0.29, 0.717) is 17.2 Å². The average molecular weight is 520 g/mol. The average Bonchev–Trinajstić information content (AvgIpc) is 3.18. The molecular formula is C22H22BrN3O7. The van der Waals surface area contributed by atoms with E-state index in [1.165, 1.54) is 26.4 Å². The van der Waals surface area contributed by atoms with Crippen molar-refractivity contribution in [1.82, 2.24) is 10.4 Å². The third-order valence-electron chi connectivity index (χ3n) is 4.81. The second-order valence-corrected chi connectivity index (χ2v) is 7.99. The summed E-state index contributed by atoms with van der Waals surface area (Å²) in [6, 6.07) is 11.5. The van der Waals surface area contributed by atoms with E-state index in [4.69, 9.17) is 14.2 Å². The highest BCUT2D eigenvalue weighted by Crippen LogP contribution is 2.27. The lowest BCUT2D eigenvalue weighted by Crippen LogP contribution is -2.43. The fourth-order valence-corrected chi connectivity index (χ4v) is 3.39. The molecule has 1 heterocycles. The first-order valence-corrected chi connectivity index (χ1v) is 10.7. The smallest absolute Gasteiger partial charge is 0.311 e. The zero-order valence-corrected chi connectivity index (χ0v) is 19.5. The summed E-state index contributed by atoms with van der Waals surface area (Å²) in [5.41, 5.74) is 3.28. The minimum atomic E-state index is -0.802. The third-order valence-corrected chi connectivity index (χ3v) is 5.34. The Hall–Kier alpha value is -3.60. The molecule has 0 radical (unpaired) electrons. The highest BCUT2D eigenvalue weighted by atomic mass is 79.9. The molecule has 0 spiro atoms. The van der Waals surface area contributed by atoms with Gasteiger partial charge in [-0.1, -0.05) is 15.9 Å². The lowest BCUT2D eigenvalue weighted by molar-refractivity contribution is -0.151. The first-order chi connectivity index (χ1) is 15.8. The summed E-state index contributed by atoms with van der Waals surface area (Å²) in [7, 11) is 2.92. The molecule has 0 aliphatic carbocycles. The zero-order chi connectivity index (χ0) is 24.0. The van der Waals surface area contributed by atoms with Gasteiger partial charge in [0.2, 0.25) is 5.91 Å². The number of ether oxygens (including phenoxy) is 3. The molecule has 1 saturated heterocycles. The predicted molar refractivity (Wildman–Crippen MR) is 121 cm³/mol. The monoisotopic (exact) mass is 519 g/mol. The minimum absolute atomic E-state index is 0.0645. The van der Waals surface area contributed by atoms with E-state index in [9.17, 15) is 19.2 Å². The van der Waals surface area contributed by atoms with Gasteiger partial charge in [-0.3, -0.25) is 29.6 Å². The normalized spacial score (nSPS) is 15.1. The van der Waals surface area contributed by atoms with Gasteiger partial charge >= 0.3 is 5.97 Å². The Morgan fingerprint density at radius 2 is 1.76 bits per heavy atom. The second-order valence-electron chi connectivity index (χ2n) is 7.08. The van der Waals surface area contributed by atoms with Gasteiger partial charge < -0.3 is 19.5 Å². The van der Waals surface area contributed by atoms with Crippen LogP contribution in [0.15, 0.2) is 46.9 Å². The summed E-state index contributed by atoms with van der Waals surface area (Å²) in [6.07, 6.45) is -0.140. The second kappa shape index (κ2) is 10.8. The lowest BCUT2D eigenvalue weighted by Gasteiger charge is -2.18. The molecule has 3 rings (SSSR count). The first-order valence-electron chi connectivity index (χ1n) is 9.86. The van der Waals surface area contributed by atoms with Gasteiger partial charge in [0.25, 0.3) is 11.8 Å². The molecule has 1 atom stereocenters. The molecule has 3 amide bonds. The molecule has 1 aliphatic rings. The summed E-state index contributed by atoms with van der Waals surface area (Å²) >= 11 is 3.30. The number of carbonyl (C=O) groups is 4. The molecule has 2 aromatic carbocycles. The number of carbonyl (C=O) groups excluding carboxylic acids is 4. The van der Waals surface area contributed by atoms with Crippen molar-refractivity contribution in [2.24, 2.45) is 5.92 Å². The summed E-state index contributed by atoms with van der Waals surface area (Å²) in [4.78, 5) is 49.1. The molecule has 11 heteroatoms. The van der Waals surface area contributed by atoms with Gasteiger partial charge in [-0.2, -0.15) is 0 Å². The van der Waals surface area contributed by atoms with Crippen LogP contribution in [-0.2, 0) is 19.1 Å².